The zero-order valence-corrected chi connectivity index (χ0v) is 17.4. The van der Waals surface area contributed by atoms with Gasteiger partial charge in [-0.2, -0.15) is 0 Å². The summed E-state index contributed by atoms with van der Waals surface area (Å²) >= 11 is 0. The predicted molar refractivity (Wildman–Crippen MR) is 111 cm³/mol. The molecule has 8 heteroatoms. The number of hydrogen-bond acceptors (Lipinski definition) is 6. The van der Waals surface area contributed by atoms with Crippen molar-refractivity contribution in [1.82, 2.24) is 18.9 Å². The molecule has 0 amide bonds. The number of pyridine rings is 1. The maximum absolute atomic E-state index is 13.4. The largest absolute Gasteiger partial charge is 0.496 e. The quantitative estimate of drug-likeness (QED) is 0.512. The van der Waals surface area contributed by atoms with Gasteiger partial charge in [0.2, 0.25) is 0 Å². The van der Waals surface area contributed by atoms with Gasteiger partial charge in [-0.05, 0) is 50.1 Å². The summed E-state index contributed by atoms with van der Waals surface area (Å²) in [5.74, 6) is 0.684. The summed E-state index contributed by atoms with van der Waals surface area (Å²) in [4.78, 5) is 13.1. The summed E-state index contributed by atoms with van der Waals surface area (Å²) in [6.45, 7) is 5.51. The number of aryl methyl sites for hydroxylation is 3. The minimum absolute atomic E-state index is 0.200. The molecule has 148 valence electrons. The molecule has 0 aliphatic carbocycles. The molecule has 29 heavy (non-hydrogen) atoms. The summed E-state index contributed by atoms with van der Waals surface area (Å²) < 4.78 is 33.3. The van der Waals surface area contributed by atoms with Gasteiger partial charge in [0.15, 0.2) is 0 Å². The monoisotopic (exact) mass is 408 g/mol. The lowest BCUT2D eigenvalue weighted by Crippen LogP contribution is -2.12. The van der Waals surface area contributed by atoms with Crippen molar-refractivity contribution in [2.45, 2.75) is 25.7 Å². The van der Waals surface area contributed by atoms with E-state index >= 15 is 0 Å². The fraction of sp³-hybridized carbons (Fsp3) is 0.190. The van der Waals surface area contributed by atoms with E-state index in [1.165, 1.54) is 3.97 Å². The van der Waals surface area contributed by atoms with E-state index in [0.717, 1.165) is 27.8 Å². The van der Waals surface area contributed by atoms with Gasteiger partial charge in [-0.15, -0.1) is 0 Å². The lowest BCUT2D eigenvalue weighted by atomic mass is 10.1. The maximum Gasteiger partial charge on any atom is 0.268 e. The van der Waals surface area contributed by atoms with Crippen molar-refractivity contribution in [3.63, 3.8) is 0 Å². The van der Waals surface area contributed by atoms with Gasteiger partial charge in [0.1, 0.15) is 5.75 Å². The van der Waals surface area contributed by atoms with Gasteiger partial charge in [0, 0.05) is 29.5 Å². The van der Waals surface area contributed by atoms with Crippen LogP contribution in [0.15, 0.2) is 54.1 Å². The van der Waals surface area contributed by atoms with E-state index in [-0.39, 0.29) is 4.90 Å². The molecule has 0 aliphatic heterocycles. The van der Waals surface area contributed by atoms with Crippen LogP contribution in [-0.2, 0) is 10.0 Å². The minimum atomic E-state index is -3.81. The molecule has 7 nitrogen and oxygen atoms in total. The SMILES string of the molecule is COc1c(C)cc(S(=O)(=O)n2ccc3c(-c4cnc(C)cn4)cncc32)cc1C. The van der Waals surface area contributed by atoms with E-state index in [4.69, 9.17) is 4.74 Å². The molecule has 0 aliphatic rings. The van der Waals surface area contributed by atoms with Gasteiger partial charge >= 0.3 is 0 Å². The Morgan fingerprint density at radius 2 is 1.69 bits per heavy atom. The Morgan fingerprint density at radius 1 is 0.966 bits per heavy atom. The Morgan fingerprint density at radius 3 is 2.31 bits per heavy atom. The van der Waals surface area contributed by atoms with Crippen LogP contribution in [0.4, 0.5) is 0 Å². The predicted octanol–water partition coefficient (Wildman–Crippen LogP) is 3.66. The van der Waals surface area contributed by atoms with Crippen molar-refractivity contribution < 1.29 is 13.2 Å². The number of aromatic nitrogens is 4. The van der Waals surface area contributed by atoms with E-state index < -0.39 is 10.0 Å². The molecular weight excluding hydrogens is 388 g/mol. The highest BCUT2D eigenvalue weighted by molar-refractivity contribution is 7.90. The molecule has 0 saturated heterocycles. The van der Waals surface area contributed by atoms with Crippen LogP contribution >= 0.6 is 0 Å². The molecule has 1 aromatic carbocycles. The van der Waals surface area contributed by atoms with Gasteiger partial charge in [-0.3, -0.25) is 15.0 Å². The van der Waals surface area contributed by atoms with Crippen molar-refractivity contribution in [3.05, 3.63) is 66.0 Å². The third-order valence-corrected chi connectivity index (χ3v) is 6.50. The number of ether oxygens (including phenoxy) is 1. The van der Waals surface area contributed by atoms with Crippen molar-refractivity contribution in [1.29, 1.82) is 0 Å². The maximum atomic E-state index is 13.4. The van der Waals surface area contributed by atoms with Crippen LogP contribution < -0.4 is 4.74 Å². The Labute approximate surface area is 169 Å². The molecule has 4 aromatic rings. The van der Waals surface area contributed by atoms with Gasteiger partial charge in [-0.1, -0.05) is 0 Å². The molecule has 3 aromatic heterocycles. The zero-order valence-electron chi connectivity index (χ0n) is 16.5. The summed E-state index contributed by atoms with van der Waals surface area (Å²) in [6.07, 6.45) is 8.09. The van der Waals surface area contributed by atoms with Gasteiger partial charge < -0.3 is 4.74 Å². The van der Waals surface area contributed by atoms with Crippen molar-refractivity contribution in [2.75, 3.05) is 7.11 Å². The molecule has 4 rings (SSSR count). The van der Waals surface area contributed by atoms with E-state index in [9.17, 15) is 8.42 Å². The Kier molecular flexibility index (Phi) is 4.58. The molecule has 0 atom stereocenters. The molecule has 0 radical (unpaired) electrons. The molecule has 0 N–H and O–H groups in total. The van der Waals surface area contributed by atoms with Crippen molar-refractivity contribution >= 4 is 20.9 Å². The molecule has 3 heterocycles. The summed E-state index contributed by atoms with van der Waals surface area (Å²) in [6, 6.07) is 5.00. The summed E-state index contributed by atoms with van der Waals surface area (Å²) in [5.41, 5.74) is 4.17. The lowest BCUT2D eigenvalue weighted by molar-refractivity contribution is 0.408. The van der Waals surface area contributed by atoms with Crippen LogP contribution in [0.25, 0.3) is 22.2 Å². The molecule has 0 unspecified atom stereocenters. The first kappa shape index (κ1) is 19.1. The summed E-state index contributed by atoms with van der Waals surface area (Å²) in [7, 11) is -2.24. The standard InChI is InChI=1S/C21H20N4O3S/c1-13-7-16(8-14(2)21(13)28-4)29(26,27)25-6-5-17-18(10-22-12-20(17)25)19-11-23-15(3)9-24-19/h5-12H,1-4H3. The second kappa shape index (κ2) is 6.97. The van der Waals surface area contributed by atoms with E-state index in [1.807, 2.05) is 20.8 Å². The van der Waals surface area contributed by atoms with Crippen molar-refractivity contribution in [2.24, 2.45) is 0 Å². The first-order valence-electron chi connectivity index (χ1n) is 8.98. The minimum Gasteiger partial charge on any atom is -0.496 e. The Hall–Kier alpha value is -3.26. The third-order valence-electron chi connectivity index (χ3n) is 4.83. The first-order valence-corrected chi connectivity index (χ1v) is 10.4. The number of hydrogen-bond donors (Lipinski definition) is 0. The van der Waals surface area contributed by atoms with Crippen LogP contribution in [-0.4, -0.2) is 34.5 Å². The van der Waals surface area contributed by atoms with E-state index in [0.29, 0.717) is 17.0 Å². The second-order valence-electron chi connectivity index (χ2n) is 6.87. The molecular formula is C21H20N4O3S. The van der Waals surface area contributed by atoms with Crippen LogP contribution in [0.2, 0.25) is 0 Å². The number of rotatable bonds is 4. The average Bonchev–Trinajstić information content (AvgIpc) is 3.13. The normalized spacial score (nSPS) is 11.7. The highest BCUT2D eigenvalue weighted by Gasteiger charge is 2.22. The fourth-order valence-electron chi connectivity index (χ4n) is 3.47. The van der Waals surface area contributed by atoms with Crippen LogP contribution in [0, 0.1) is 20.8 Å². The van der Waals surface area contributed by atoms with Crippen LogP contribution in [0.3, 0.4) is 0 Å². The molecule has 0 saturated carbocycles. The second-order valence-corrected chi connectivity index (χ2v) is 8.68. The van der Waals surface area contributed by atoms with Gasteiger partial charge in [-0.25, -0.2) is 12.4 Å². The van der Waals surface area contributed by atoms with Gasteiger partial charge in [0.25, 0.3) is 10.0 Å². The number of fused-ring (bicyclic) bond motifs is 1. The van der Waals surface area contributed by atoms with Crippen LogP contribution in [0.5, 0.6) is 5.75 Å². The number of methoxy groups -OCH3 is 1. The molecule has 0 fully saturated rings. The van der Waals surface area contributed by atoms with Crippen LogP contribution in [0.1, 0.15) is 16.8 Å². The van der Waals surface area contributed by atoms with Crippen molar-refractivity contribution in [3.8, 4) is 17.0 Å². The topological polar surface area (TPSA) is 87.0 Å². The summed E-state index contributed by atoms with van der Waals surface area (Å²) in [5, 5.41) is 0.740. The fourth-order valence-corrected chi connectivity index (χ4v) is 4.98. The highest BCUT2D eigenvalue weighted by Crippen LogP contribution is 2.31. The van der Waals surface area contributed by atoms with E-state index in [1.54, 1.807) is 56.3 Å². The smallest absolute Gasteiger partial charge is 0.268 e. The third kappa shape index (κ3) is 3.15. The number of benzene rings is 1. The Balaban J connectivity index is 1.89. The zero-order chi connectivity index (χ0) is 20.8. The lowest BCUT2D eigenvalue weighted by Gasteiger charge is -2.13. The highest BCUT2D eigenvalue weighted by atomic mass is 32.2. The van der Waals surface area contributed by atoms with Gasteiger partial charge in [0.05, 0.1) is 41.3 Å². The molecule has 0 spiro atoms. The average molecular weight is 408 g/mol. The van der Waals surface area contributed by atoms with E-state index in [2.05, 4.69) is 15.0 Å². The Bertz CT molecular complexity index is 1300. The number of nitrogens with zero attached hydrogens (tertiary/aromatic N) is 4. The first-order chi connectivity index (χ1) is 13.8. The molecule has 0 bridgehead atoms.